The van der Waals surface area contributed by atoms with Crippen LogP contribution in [-0.4, -0.2) is 4.98 Å². The molecule has 0 saturated carbocycles. The van der Waals surface area contributed by atoms with E-state index in [4.69, 9.17) is 5.73 Å². The van der Waals surface area contributed by atoms with Crippen molar-refractivity contribution in [2.45, 2.75) is 6.54 Å². The van der Waals surface area contributed by atoms with Crippen molar-refractivity contribution in [3.8, 4) is 11.3 Å². The molecule has 2 nitrogen and oxygen atoms in total. The first-order chi connectivity index (χ1) is 9.28. The number of halogens is 1. The van der Waals surface area contributed by atoms with Gasteiger partial charge in [0.15, 0.2) is 0 Å². The Morgan fingerprint density at radius 3 is 2.68 bits per heavy atom. The smallest absolute Gasteiger partial charge is 0.127 e. The molecule has 0 radical (unpaired) electrons. The summed E-state index contributed by atoms with van der Waals surface area (Å²) in [6.45, 7) is 0.188. The Hall–Kier alpha value is -2.26. The number of nitrogens with two attached hydrogens (primary N) is 1. The molecule has 0 unspecified atom stereocenters. The minimum Gasteiger partial charge on any atom is -0.326 e. The Morgan fingerprint density at radius 2 is 1.84 bits per heavy atom. The van der Waals surface area contributed by atoms with Gasteiger partial charge in [0.25, 0.3) is 0 Å². The average molecular weight is 252 g/mol. The van der Waals surface area contributed by atoms with Crippen LogP contribution in [0.25, 0.3) is 22.2 Å². The second-order valence-electron chi connectivity index (χ2n) is 4.40. The van der Waals surface area contributed by atoms with Crippen LogP contribution in [0.3, 0.4) is 0 Å². The number of nitrogens with zero attached hydrogens (tertiary/aromatic N) is 1. The molecule has 1 aromatic heterocycles. The number of aromatic nitrogens is 1. The fraction of sp³-hybridized carbons (Fsp3) is 0.0625. The van der Waals surface area contributed by atoms with Gasteiger partial charge in [0.2, 0.25) is 0 Å². The fourth-order valence-electron chi connectivity index (χ4n) is 2.12. The SMILES string of the molecule is NCc1cc(-c2ccc3ccccc3n2)ccc1F. The minimum absolute atomic E-state index is 0.188. The van der Waals surface area contributed by atoms with E-state index in [1.807, 2.05) is 36.4 Å². The zero-order chi connectivity index (χ0) is 13.2. The fourth-order valence-corrected chi connectivity index (χ4v) is 2.12. The van der Waals surface area contributed by atoms with Gasteiger partial charge in [0.05, 0.1) is 11.2 Å². The second kappa shape index (κ2) is 4.78. The molecule has 3 heteroatoms. The maximum Gasteiger partial charge on any atom is 0.127 e. The number of hydrogen-bond donors (Lipinski definition) is 1. The number of fused-ring (bicyclic) bond motifs is 1. The van der Waals surface area contributed by atoms with Crippen molar-refractivity contribution >= 4 is 10.9 Å². The molecule has 0 amide bonds. The highest BCUT2D eigenvalue weighted by atomic mass is 19.1. The lowest BCUT2D eigenvalue weighted by atomic mass is 10.1. The van der Waals surface area contributed by atoms with Crippen molar-refractivity contribution in [3.63, 3.8) is 0 Å². The van der Waals surface area contributed by atoms with E-state index in [2.05, 4.69) is 4.98 Å². The van der Waals surface area contributed by atoms with Gasteiger partial charge in [0, 0.05) is 23.1 Å². The summed E-state index contributed by atoms with van der Waals surface area (Å²) in [5, 5.41) is 1.09. The lowest BCUT2D eigenvalue weighted by molar-refractivity contribution is 0.611. The Morgan fingerprint density at radius 1 is 1.00 bits per heavy atom. The van der Waals surface area contributed by atoms with Crippen LogP contribution in [0, 0.1) is 5.82 Å². The maximum absolute atomic E-state index is 13.4. The van der Waals surface area contributed by atoms with E-state index in [-0.39, 0.29) is 12.4 Å². The quantitative estimate of drug-likeness (QED) is 0.758. The van der Waals surface area contributed by atoms with Gasteiger partial charge in [-0.2, -0.15) is 0 Å². The molecule has 0 aliphatic rings. The van der Waals surface area contributed by atoms with Gasteiger partial charge >= 0.3 is 0 Å². The zero-order valence-electron chi connectivity index (χ0n) is 10.3. The monoisotopic (exact) mass is 252 g/mol. The Labute approximate surface area is 110 Å². The minimum atomic E-state index is -0.271. The van der Waals surface area contributed by atoms with Crippen LogP contribution >= 0.6 is 0 Å². The van der Waals surface area contributed by atoms with Gasteiger partial charge < -0.3 is 5.73 Å². The molecule has 0 bridgehead atoms. The summed E-state index contributed by atoms with van der Waals surface area (Å²) in [6, 6.07) is 16.8. The summed E-state index contributed by atoms with van der Waals surface area (Å²) in [5.41, 5.74) is 8.67. The summed E-state index contributed by atoms with van der Waals surface area (Å²) >= 11 is 0. The van der Waals surface area contributed by atoms with Crippen molar-refractivity contribution in [2.24, 2.45) is 5.73 Å². The molecule has 0 aliphatic heterocycles. The summed E-state index contributed by atoms with van der Waals surface area (Å²) < 4.78 is 13.4. The number of hydrogen-bond acceptors (Lipinski definition) is 2. The third kappa shape index (κ3) is 2.20. The molecule has 0 saturated heterocycles. The van der Waals surface area contributed by atoms with Crippen molar-refractivity contribution < 1.29 is 4.39 Å². The third-order valence-electron chi connectivity index (χ3n) is 3.16. The molecule has 0 atom stereocenters. The van der Waals surface area contributed by atoms with Crippen molar-refractivity contribution in [1.82, 2.24) is 4.98 Å². The molecule has 94 valence electrons. The summed E-state index contributed by atoms with van der Waals surface area (Å²) in [4.78, 5) is 4.59. The molecule has 0 aliphatic carbocycles. The summed E-state index contributed by atoms with van der Waals surface area (Å²) in [6.07, 6.45) is 0. The standard InChI is InChI=1S/C16H13FN2/c17-14-7-5-12(9-13(14)10-18)16-8-6-11-3-1-2-4-15(11)19-16/h1-9H,10,18H2. The number of pyridine rings is 1. The molecule has 0 spiro atoms. The topological polar surface area (TPSA) is 38.9 Å². The largest absolute Gasteiger partial charge is 0.326 e. The van der Waals surface area contributed by atoms with E-state index >= 15 is 0 Å². The molecule has 1 heterocycles. The Balaban J connectivity index is 2.13. The molecule has 2 N–H and O–H groups in total. The summed E-state index contributed by atoms with van der Waals surface area (Å²) in [7, 11) is 0. The predicted molar refractivity (Wildman–Crippen MR) is 75.0 cm³/mol. The maximum atomic E-state index is 13.4. The summed E-state index contributed by atoms with van der Waals surface area (Å²) in [5.74, 6) is -0.271. The van der Waals surface area contributed by atoms with E-state index < -0.39 is 0 Å². The Bertz CT molecular complexity index is 738. The van der Waals surface area contributed by atoms with Crippen LogP contribution in [0.4, 0.5) is 4.39 Å². The first kappa shape index (κ1) is 11.8. The molecular weight excluding hydrogens is 239 g/mol. The first-order valence-corrected chi connectivity index (χ1v) is 6.12. The van der Waals surface area contributed by atoms with Crippen LogP contribution in [0.1, 0.15) is 5.56 Å². The van der Waals surface area contributed by atoms with Crippen LogP contribution in [-0.2, 0) is 6.54 Å². The van der Waals surface area contributed by atoms with E-state index in [1.54, 1.807) is 12.1 Å². The van der Waals surface area contributed by atoms with E-state index in [1.165, 1.54) is 6.07 Å². The van der Waals surface area contributed by atoms with Gasteiger partial charge in [-0.25, -0.2) is 9.37 Å². The van der Waals surface area contributed by atoms with Gasteiger partial charge in [-0.15, -0.1) is 0 Å². The highest BCUT2D eigenvalue weighted by Crippen LogP contribution is 2.23. The lowest BCUT2D eigenvalue weighted by Crippen LogP contribution is -2.00. The normalized spacial score (nSPS) is 10.8. The predicted octanol–water partition coefficient (Wildman–Crippen LogP) is 3.50. The van der Waals surface area contributed by atoms with Crippen molar-refractivity contribution in [3.05, 3.63) is 66.0 Å². The van der Waals surface area contributed by atoms with Gasteiger partial charge in [-0.3, -0.25) is 0 Å². The van der Waals surface area contributed by atoms with Crippen LogP contribution in [0.5, 0.6) is 0 Å². The average Bonchev–Trinajstić information content (AvgIpc) is 2.47. The molecule has 2 aromatic carbocycles. The molecule has 3 rings (SSSR count). The van der Waals surface area contributed by atoms with Crippen molar-refractivity contribution in [2.75, 3.05) is 0 Å². The highest BCUT2D eigenvalue weighted by Gasteiger charge is 2.05. The second-order valence-corrected chi connectivity index (χ2v) is 4.40. The lowest BCUT2D eigenvalue weighted by Gasteiger charge is -2.06. The van der Waals surface area contributed by atoms with Crippen LogP contribution in [0.2, 0.25) is 0 Å². The molecular formula is C16H13FN2. The van der Waals surface area contributed by atoms with Crippen molar-refractivity contribution in [1.29, 1.82) is 0 Å². The van der Waals surface area contributed by atoms with Crippen LogP contribution in [0.15, 0.2) is 54.6 Å². The zero-order valence-corrected chi connectivity index (χ0v) is 10.3. The number of para-hydroxylation sites is 1. The highest BCUT2D eigenvalue weighted by molar-refractivity contribution is 5.81. The van der Waals surface area contributed by atoms with Gasteiger partial charge in [-0.05, 0) is 30.3 Å². The molecule has 3 aromatic rings. The molecule has 19 heavy (non-hydrogen) atoms. The number of benzene rings is 2. The van der Waals surface area contributed by atoms with E-state index in [0.29, 0.717) is 5.56 Å². The third-order valence-corrected chi connectivity index (χ3v) is 3.16. The Kier molecular flexibility index (Phi) is 2.97. The van der Waals surface area contributed by atoms with E-state index in [0.717, 1.165) is 22.2 Å². The molecule has 0 fully saturated rings. The van der Waals surface area contributed by atoms with Gasteiger partial charge in [-0.1, -0.05) is 24.3 Å². The first-order valence-electron chi connectivity index (χ1n) is 6.12. The van der Waals surface area contributed by atoms with Crippen LogP contribution < -0.4 is 5.73 Å². The van der Waals surface area contributed by atoms with Gasteiger partial charge in [0.1, 0.15) is 5.82 Å². The van der Waals surface area contributed by atoms with E-state index in [9.17, 15) is 4.39 Å². The number of rotatable bonds is 2.